The Morgan fingerprint density at radius 3 is 2.15 bits per heavy atom. The second-order valence-electron chi connectivity index (χ2n) is 8.92. The molecule has 0 heterocycles. The first-order chi connectivity index (χ1) is 18.7. The molecule has 0 saturated heterocycles. The van der Waals surface area contributed by atoms with Gasteiger partial charge in [-0.25, -0.2) is 0 Å². The van der Waals surface area contributed by atoms with Gasteiger partial charge in [0.25, 0.3) is 0 Å². The van der Waals surface area contributed by atoms with Gasteiger partial charge in [-0.1, -0.05) is 55.6 Å². The van der Waals surface area contributed by atoms with Crippen LogP contribution in [0.4, 0.5) is 18.9 Å². The Kier molecular flexibility index (Phi) is 10.5. The first-order valence-electron chi connectivity index (χ1n) is 12.5. The van der Waals surface area contributed by atoms with Crippen LogP contribution in [0, 0.1) is 0 Å². The molecule has 0 bridgehead atoms. The average molecular weight is 541 g/mol. The van der Waals surface area contributed by atoms with Gasteiger partial charge in [-0.05, 0) is 41.8 Å². The summed E-state index contributed by atoms with van der Waals surface area (Å²) in [4.78, 5) is 2.04. The molecule has 39 heavy (non-hydrogen) atoms. The summed E-state index contributed by atoms with van der Waals surface area (Å²) in [5.74, 6) is 0.846. The van der Waals surface area contributed by atoms with Crippen molar-refractivity contribution in [3.8, 4) is 11.5 Å². The van der Waals surface area contributed by atoms with Crippen LogP contribution < -0.4 is 19.7 Å². The first kappa shape index (κ1) is 29.6. The Balaban J connectivity index is 1.99. The Hall–Kier alpha value is -3.91. The number of alkyl halides is 3. The van der Waals surface area contributed by atoms with Gasteiger partial charge in [-0.3, -0.25) is 0 Å². The normalized spacial score (nSPS) is 11.9. The Morgan fingerprint density at radius 1 is 0.897 bits per heavy atom. The fourth-order valence-corrected chi connectivity index (χ4v) is 4.34. The Bertz CT molecular complexity index is 1230. The molecular weight excluding hydrogens is 505 g/mol. The number of hydrogen-bond acceptors (Lipinski definition) is 5. The third-order valence-corrected chi connectivity index (χ3v) is 6.40. The minimum atomic E-state index is -4.38. The van der Waals surface area contributed by atoms with Gasteiger partial charge in [0, 0.05) is 43.3 Å². The third kappa shape index (κ3) is 7.80. The predicted molar refractivity (Wildman–Crippen MR) is 149 cm³/mol. The molecule has 0 aliphatic carbocycles. The minimum absolute atomic E-state index is 0.288. The number of anilines is 1. The minimum Gasteiger partial charge on any atom is -0.493 e. The highest BCUT2D eigenvalue weighted by molar-refractivity contribution is 5.61. The zero-order chi connectivity index (χ0) is 28.4. The smallest absolute Gasteiger partial charge is 0.416 e. The highest BCUT2D eigenvalue weighted by Crippen LogP contribution is 2.38. The average Bonchev–Trinajstić information content (AvgIpc) is 2.93. The lowest BCUT2D eigenvalue weighted by Crippen LogP contribution is -2.32. The summed E-state index contributed by atoms with van der Waals surface area (Å²) in [6.45, 7) is 10.3. The van der Waals surface area contributed by atoms with Crippen molar-refractivity contribution in [2.75, 3.05) is 45.9 Å². The van der Waals surface area contributed by atoms with E-state index < -0.39 is 11.7 Å². The monoisotopic (exact) mass is 540 g/mol. The molecule has 5 nitrogen and oxygen atoms in total. The van der Waals surface area contributed by atoms with Crippen LogP contribution in [0.1, 0.15) is 22.6 Å². The summed E-state index contributed by atoms with van der Waals surface area (Å²) in [6.07, 6.45) is -3.89. The van der Waals surface area contributed by atoms with Gasteiger partial charge in [0.05, 0.1) is 32.3 Å². The Labute approximate surface area is 228 Å². The van der Waals surface area contributed by atoms with Crippen LogP contribution in [0.2, 0.25) is 0 Å². The molecule has 3 aromatic carbocycles. The van der Waals surface area contributed by atoms with E-state index in [1.165, 1.54) is 12.1 Å². The van der Waals surface area contributed by atoms with Gasteiger partial charge in [0.15, 0.2) is 11.5 Å². The fourth-order valence-electron chi connectivity index (χ4n) is 4.34. The topological polar surface area (TPSA) is 43.0 Å². The molecule has 0 amide bonds. The zero-order valence-corrected chi connectivity index (χ0v) is 22.6. The molecule has 0 aromatic heterocycles. The van der Waals surface area contributed by atoms with Crippen LogP contribution in [0.5, 0.6) is 11.5 Å². The van der Waals surface area contributed by atoms with Crippen molar-refractivity contribution in [1.29, 1.82) is 0 Å². The molecule has 1 atom stereocenters. The van der Waals surface area contributed by atoms with E-state index in [4.69, 9.17) is 14.2 Å². The van der Waals surface area contributed by atoms with E-state index in [0.29, 0.717) is 37.6 Å². The first-order valence-corrected chi connectivity index (χ1v) is 12.5. The van der Waals surface area contributed by atoms with Crippen molar-refractivity contribution in [3.63, 3.8) is 0 Å². The lowest BCUT2D eigenvalue weighted by Gasteiger charge is -2.34. The molecule has 8 heteroatoms. The molecule has 0 aliphatic heterocycles. The van der Waals surface area contributed by atoms with Crippen molar-refractivity contribution in [1.82, 2.24) is 5.32 Å². The van der Waals surface area contributed by atoms with E-state index in [1.807, 2.05) is 53.4 Å². The van der Waals surface area contributed by atoms with Crippen LogP contribution >= 0.6 is 0 Å². The van der Waals surface area contributed by atoms with Crippen molar-refractivity contribution < 1.29 is 27.4 Å². The lowest BCUT2D eigenvalue weighted by molar-refractivity contribution is -0.137. The molecule has 0 fully saturated rings. The summed E-state index contributed by atoms with van der Waals surface area (Å²) >= 11 is 0. The van der Waals surface area contributed by atoms with Gasteiger partial charge in [-0.2, -0.15) is 13.2 Å². The van der Waals surface area contributed by atoms with Crippen LogP contribution in [-0.4, -0.2) is 41.0 Å². The molecule has 0 saturated carbocycles. The van der Waals surface area contributed by atoms with Crippen molar-refractivity contribution in [2.45, 2.75) is 18.5 Å². The fraction of sp³-hybridized carbons (Fsp3) is 0.290. The van der Waals surface area contributed by atoms with Crippen molar-refractivity contribution in [2.24, 2.45) is 0 Å². The number of nitrogens with one attached hydrogen (secondary N) is 1. The van der Waals surface area contributed by atoms with E-state index in [1.54, 1.807) is 21.3 Å². The molecule has 0 aliphatic rings. The lowest BCUT2D eigenvalue weighted by atomic mass is 9.91. The number of halogens is 3. The third-order valence-electron chi connectivity index (χ3n) is 6.40. The number of nitrogens with zero attached hydrogens (tertiary/aromatic N) is 1. The second-order valence-corrected chi connectivity index (χ2v) is 8.92. The molecule has 208 valence electrons. The molecule has 0 spiro atoms. The Morgan fingerprint density at radius 2 is 1.56 bits per heavy atom. The van der Waals surface area contributed by atoms with Crippen molar-refractivity contribution in [3.05, 3.63) is 114 Å². The molecule has 0 radical (unpaired) electrons. The highest BCUT2D eigenvalue weighted by Gasteiger charge is 2.30. The highest BCUT2D eigenvalue weighted by atomic mass is 19.4. The maximum absolute atomic E-state index is 13.1. The molecule has 3 aromatic rings. The summed E-state index contributed by atoms with van der Waals surface area (Å²) in [7, 11) is 4.77. The number of ether oxygens (including phenoxy) is 3. The van der Waals surface area contributed by atoms with Crippen LogP contribution in [-0.2, 0) is 17.3 Å². The summed E-state index contributed by atoms with van der Waals surface area (Å²) < 4.78 is 55.3. The molecule has 1 N–H and O–H groups in total. The predicted octanol–water partition coefficient (Wildman–Crippen LogP) is 6.82. The molecule has 1 unspecified atom stereocenters. The second kappa shape index (κ2) is 13.8. The van der Waals surface area contributed by atoms with Crippen LogP contribution in [0.25, 0.3) is 0 Å². The van der Waals surface area contributed by atoms with E-state index in [-0.39, 0.29) is 5.92 Å². The number of benzene rings is 3. The van der Waals surface area contributed by atoms with Gasteiger partial charge in [0.1, 0.15) is 0 Å². The zero-order valence-electron chi connectivity index (χ0n) is 22.6. The van der Waals surface area contributed by atoms with Gasteiger partial charge >= 0.3 is 6.18 Å². The summed E-state index contributed by atoms with van der Waals surface area (Å²) in [5.41, 5.74) is 3.40. The number of hydrogen-bond donors (Lipinski definition) is 1. The number of rotatable bonds is 14. The standard InChI is InChI=1S/C31H35F3N2O3/c1-22(35-18-20-37-3)30(25-9-7-6-8-10-25)23(2)36(27-15-16-28(38-4)29(21-27)39-5)19-17-24-11-13-26(14-12-24)31(32,33)34/h6-16,21,30,35H,1-2,17-20H2,3-5H3. The van der Waals surface area contributed by atoms with Gasteiger partial charge in [0.2, 0.25) is 0 Å². The van der Waals surface area contributed by atoms with Gasteiger partial charge in [-0.15, -0.1) is 0 Å². The van der Waals surface area contributed by atoms with Gasteiger partial charge < -0.3 is 24.4 Å². The largest absolute Gasteiger partial charge is 0.493 e. The van der Waals surface area contributed by atoms with Crippen LogP contribution in [0.3, 0.4) is 0 Å². The van der Waals surface area contributed by atoms with Crippen LogP contribution in [0.15, 0.2) is 97.3 Å². The van der Waals surface area contributed by atoms with E-state index in [2.05, 4.69) is 18.5 Å². The maximum Gasteiger partial charge on any atom is 0.416 e. The summed E-state index contributed by atoms with van der Waals surface area (Å²) in [6, 6.07) is 20.7. The quantitative estimate of drug-likeness (QED) is 0.227. The number of methoxy groups -OCH3 is 3. The van der Waals surface area contributed by atoms with E-state index in [9.17, 15) is 13.2 Å². The van der Waals surface area contributed by atoms with Crippen molar-refractivity contribution >= 4 is 5.69 Å². The van der Waals surface area contributed by atoms with E-state index >= 15 is 0 Å². The van der Waals surface area contributed by atoms with E-state index in [0.717, 1.165) is 40.3 Å². The summed E-state index contributed by atoms with van der Waals surface area (Å²) in [5, 5.41) is 3.35. The SMILES string of the molecule is C=C(NCCOC)C(C(=C)N(CCc1ccc(C(F)(F)F)cc1)c1ccc(OC)c(OC)c1)c1ccccc1. The molecule has 3 rings (SSSR count). The molecular formula is C31H35F3N2O3. The maximum atomic E-state index is 13.1.